The summed E-state index contributed by atoms with van der Waals surface area (Å²) >= 11 is 0. The lowest BCUT2D eigenvalue weighted by Crippen LogP contribution is -1.97. The van der Waals surface area contributed by atoms with Gasteiger partial charge >= 0.3 is 5.97 Å². The standard InChI is InChI=1S/C15H28O2/c1-3-4-5-6-7-8-9-10-11-12-13-14-17-15(2)16/h12-13H,3-11,14H2,1-2H3/b13-12+. The Balaban J connectivity index is 3.05. The molecule has 0 saturated heterocycles. The van der Waals surface area contributed by atoms with Crippen molar-refractivity contribution in [2.45, 2.75) is 71.6 Å². The molecule has 0 aliphatic rings. The van der Waals surface area contributed by atoms with E-state index < -0.39 is 0 Å². The Morgan fingerprint density at radius 1 is 0.941 bits per heavy atom. The fraction of sp³-hybridized carbons (Fsp3) is 0.800. The van der Waals surface area contributed by atoms with Crippen molar-refractivity contribution < 1.29 is 9.53 Å². The third-order valence-corrected chi connectivity index (χ3v) is 2.77. The van der Waals surface area contributed by atoms with Crippen molar-refractivity contribution in [3.05, 3.63) is 12.2 Å². The molecule has 0 unspecified atom stereocenters. The highest BCUT2D eigenvalue weighted by Gasteiger charge is 1.90. The molecule has 0 aromatic rings. The van der Waals surface area contributed by atoms with Crippen LogP contribution in [0.3, 0.4) is 0 Å². The Bertz CT molecular complexity index is 197. The maximum Gasteiger partial charge on any atom is 0.302 e. The van der Waals surface area contributed by atoms with Crippen molar-refractivity contribution in [3.8, 4) is 0 Å². The van der Waals surface area contributed by atoms with Crippen LogP contribution in [0, 0.1) is 0 Å². The normalized spacial score (nSPS) is 10.9. The van der Waals surface area contributed by atoms with Gasteiger partial charge in [-0.25, -0.2) is 0 Å². The van der Waals surface area contributed by atoms with Crippen LogP contribution in [0.4, 0.5) is 0 Å². The minimum atomic E-state index is -0.207. The number of hydrogen-bond donors (Lipinski definition) is 0. The molecule has 0 aromatic heterocycles. The van der Waals surface area contributed by atoms with E-state index in [-0.39, 0.29) is 5.97 Å². The smallest absolute Gasteiger partial charge is 0.302 e. The zero-order chi connectivity index (χ0) is 12.8. The van der Waals surface area contributed by atoms with Gasteiger partial charge in [0.1, 0.15) is 6.61 Å². The molecule has 100 valence electrons. The largest absolute Gasteiger partial charge is 0.462 e. The van der Waals surface area contributed by atoms with Gasteiger partial charge in [0.2, 0.25) is 0 Å². The highest BCUT2D eigenvalue weighted by molar-refractivity contribution is 5.65. The van der Waals surface area contributed by atoms with E-state index in [2.05, 4.69) is 13.0 Å². The Hall–Kier alpha value is -0.790. The first-order chi connectivity index (χ1) is 8.27. The van der Waals surface area contributed by atoms with Crippen molar-refractivity contribution in [2.24, 2.45) is 0 Å². The number of carbonyl (C=O) groups excluding carboxylic acids is 1. The molecule has 0 bridgehead atoms. The van der Waals surface area contributed by atoms with Gasteiger partial charge in [0.25, 0.3) is 0 Å². The number of esters is 1. The summed E-state index contributed by atoms with van der Waals surface area (Å²) in [6.07, 6.45) is 16.0. The second-order valence-corrected chi connectivity index (χ2v) is 4.54. The summed E-state index contributed by atoms with van der Waals surface area (Å²) in [5.41, 5.74) is 0. The molecule has 0 aliphatic heterocycles. The Morgan fingerprint density at radius 3 is 2.12 bits per heavy atom. The van der Waals surface area contributed by atoms with E-state index >= 15 is 0 Å². The summed E-state index contributed by atoms with van der Waals surface area (Å²) in [7, 11) is 0. The van der Waals surface area contributed by atoms with Crippen molar-refractivity contribution in [2.75, 3.05) is 6.61 Å². The van der Waals surface area contributed by atoms with Crippen LogP contribution in [0.1, 0.15) is 71.6 Å². The van der Waals surface area contributed by atoms with Gasteiger partial charge in [-0.2, -0.15) is 0 Å². The molecule has 0 amide bonds. The van der Waals surface area contributed by atoms with Crippen LogP contribution in [-0.2, 0) is 9.53 Å². The summed E-state index contributed by atoms with van der Waals surface area (Å²) < 4.78 is 4.80. The van der Waals surface area contributed by atoms with Gasteiger partial charge in [-0.05, 0) is 12.8 Å². The van der Waals surface area contributed by atoms with Crippen molar-refractivity contribution in [1.29, 1.82) is 0 Å². The fourth-order valence-electron chi connectivity index (χ4n) is 1.75. The van der Waals surface area contributed by atoms with Gasteiger partial charge < -0.3 is 4.74 Å². The maximum absolute atomic E-state index is 10.5. The van der Waals surface area contributed by atoms with Crippen molar-refractivity contribution in [3.63, 3.8) is 0 Å². The van der Waals surface area contributed by atoms with Crippen LogP contribution in [0.15, 0.2) is 12.2 Å². The van der Waals surface area contributed by atoms with E-state index in [1.54, 1.807) is 0 Å². The summed E-state index contributed by atoms with van der Waals surface area (Å²) in [6, 6.07) is 0. The van der Waals surface area contributed by atoms with Crippen LogP contribution in [0.2, 0.25) is 0 Å². The van der Waals surface area contributed by atoms with Crippen LogP contribution < -0.4 is 0 Å². The zero-order valence-electron chi connectivity index (χ0n) is 11.5. The topological polar surface area (TPSA) is 26.3 Å². The first kappa shape index (κ1) is 16.2. The summed E-state index contributed by atoms with van der Waals surface area (Å²) in [5, 5.41) is 0. The predicted molar refractivity (Wildman–Crippen MR) is 73.0 cm³/mol. The Kier molecular flexibility index (Phi) is 12.7. The number of allylic oxidation sites excluding steroid dienone is 1. The molecule has 2 heteroatoms. The van der Waals surface area contributed by atoms with Gasteiger partial charge in [-0.1, -0.05) is 64.0 Å². The lowest BCUT2D eigenvalue weighted by Gasteiger charge is -2.00. The highest BCUT2D eigenvalue weighted by Crippen LogP contribution is 2.09. The highest BCUT2D eigenvalue weighted by atomic mass is 16.5. The SMILES string of the molecule is CCCCCCCCCC/C=C/COC(C)=O. The molecule has 0 saturated carbocycles. The molecular formula is C15H28O2. The van der Waals surface area contributed by atoms with E-state index in [9.17, 15) is 4.79 Å². The van der Waals surface area contributed by atoms with Crippen molar-refractivity contribution in [1.82, 2.24) is 0 Å². The van der Waals surface area contributed by atoms with Gasteiger partial charge in [-0.15, -0.1) is 0 Å². The lowest BCUT2D eigenvalue weighted by atomic mass is 10.1. The average Bonchev–Trinajstić information content (AvgIpc) is 2.30. The first-order valence-corrected chi connectivity index (χ1v) is 7.05. The van der Waals surface area contributed by atoms with Crippen molar-refractivity contribution >= 4 is 5.97 Å². The fourth-order valence-corrected chi connectivity index (χ4v) is 1.75. The zero-order valence-corrected chi connectivity index (χ0v) is 11.5. The van der Waals surface area contributed by atoms with Gasteiger partial charge in [0, 0.05) is 6.92 Å². The maximum atomic E-state index is 10.5. The van der Waals surface area contributed by atoms with Crippen LogP contribution >= 0.6 is 0 Å². The second-order valence-electron chi connectivity index (χ2n) is 4.54. The van der Waals surface area contributed by atoms with E-state index in [0.717, 1.165) is 6.42 Å². The molecule has 0 rings (SSSR count). The molecule has 0 aromatic carbocycles. The molecule has 0 N–H and O–H groups in total. The number of hydrogen-bond acceptors (Lipinski definition) is 2. The third kappa shape index (κ3) is 15.2. The molecule has 0 aliphatic carbocycles. The Morgan fingerprint density at radius 2 is 1.53 bits per heavy atom. The average molecular weight is 240 g/mol. The number of unbranched alkanes of at least 4 members (excludes halogenated alkanes) is 8. The number of ether oxygens (including phenoxy) is 1. The third-order valence-electron chi connectivity index (χ3n) is 2.77. The molecule has 17 heavy (non-hydrogen) atoms. The molecule has 0 heterocycles. The molecule has 0 fully saturated rings. The summed E-state index contributed by atoms with van der Waals surface area (Å²) in [5.74, 6) is -0.207. The number of rotatable bonds is 11. The van der Waals surface area contributed by atoms with Gasteiger partial charge in [0.15, 0.2) is 0 Å². The van der Waals surface area contributed by atoms with Crippen LogP contribution in [0.25, 0.3) is 0 Å². The van der Waals surface area contributed by atoms with E-state index in [1.165, 1.54) is 58.3 Å². The molecular weight excluding hydrogens is 212 g/mol. The lowest BCUT2D eigenvalue weighted by molar-refractivity contribution is -0.139. The molecule has 2 nitrogen and oxygen atoms in total. The second kappa shape index (κ2) is 13.3. The predicted octanol–water partition coefficient (Wildman–Crippen LogP) is 4.64. The van der Waals surface area contributed by atoms with Gasteiger partial charge in [0.05, 0.1) is 0 Å². The Labute approximate surface area is 106 Å². The monoisotopic (exact) mass is 240 g/mol. The van der Waals surface area contributed by atoms with E-state index in [0.29, 0.717) is 6.61 Å². The molecule has 0 spiro atoms. The number of carbonyl (C=O) groups is 1. The quantitative estimate of drug-likeness (QED) is 0.299. The summed E-state index contributed by atoms with van der Waals surface area (Å²) in [6.45, 7) is 4.11. The minimum absolute atomic E-state index is 0.207. The molecule has 0 radical (unpaired) electrons. The van der Waals surface area contributed by atoms with E-state index in [4.69, 9.17) is 4.74 Å². The van der Waals surface area contributed by atoms with Crippen LogP contribution in [0.5, 0.6) is 0 Å². The van der Waals surface area contributed by atoms with E-state index in [1.807, 2.05) is 6.08 Å². The minimum Gasteiger partial charge on any atom is -0.462 e. The first-order valence-electron chi connectivity index (χ1n) is 7.05. The van der Waals surface area contributed by atoms with Gasteiger partial charge in [-0.3, -0.25) is 4.79 Å². The summed E-state index contributed by atoms with van der Waals surface area (Å²) in [4.78, 5) is 10.5. The molecule has 0 atom stereocenters. The van der Waals surface area contributed by atoms with Crippen LogP contribution in [-0.4, -0.2) is 12.6 Å².